The molecule has 1 rings (SSSR count). The van der Waals surface area contributed by atoms with Crippen molar-refractivity contribution in [1.29, 1.82) is 0 Å². The molecule has 0 aromatic heterocycles. The SMILES string of the molecule is Cc1ccc(C(=O)NC(CCC(=O)O)C(=O)O)c(Cl)c1. The van der Waals surface area contributed by atoms with Crippen molar-refractivity contribution < 1.29 is 24.6 Å². The number of carbonyl (C=O) groups excluding carboxylic acids is 1. The monoisotopic (exact) mass is 299 g/mol. The van der Waals surface area contributed by atoms with Crippen molar-refractivity contribution in [1.82, 2.24) is 5.32 Å². The van der Waals surface area contributed by atoms with Crippen LogP contribution in [0.3, 0.4) is 0 Å². The van der Waals surface area contributed by atoms with Crippen molar-refractivity contribution >= 4 is 29.4 Å². The third kappa shape index (κ3) is 4.55. The number of carboxylic acids is 2. The van der Waals surface area contributed by atoms with Crippen LogP contribution in [0.4, 0.5) is 0 Å². The molecule has 7 heteroatoms. The van der Waals surface area contributed by atoms with Crippen LogP contribution in [-0.2, 0) is 9.59 Å². The Labute approximate surface area is 120 Å². The topological polar surface area (TPSA) is 104 Å². The third-order valence-electron chi connectivity index (χ3n) is 2.62. The van der Waals surface area contributed by atoms with E-state index in [1.807, 2.05) is 0 Å². The minimum atomic E-state index is -1.29. The first-order valence-corrected chi connectivity index (χ1v) is 6.20. The molecule has 0 spiro atoms. The second-order valence-corrected chi connectivity index (χ2v) is 4.69. The summed E-state index contributed by atoms with van der Waals surface area (Å²) in [5.74, 6) is -3.06. The molecule has 20 heavy (non-hydrogen) atoms. The van der Waals surface area contributed by atoms with Crippen LogP contribution in [0.5, 0.6) is 0 Å². The van der Waals surface area contributed by atoms with Gasteiger partial charge in [-0.25, -0.2) is 4.79 Å². The lowest BCUT2D eigenvalue weighted by Crippen LogP contribution is -2.41. The molecule has 0 heterocycles. The standard InChI is InChI=1S/C13H14ClNO5/c1-7-2-3-8(9(14)6-7)12(18)15-10(13(19)20)4-5-11(16)17/h2-3,6,10H,4-5H2,1H3,(H,15,18)(H,16,17)(H,19,20). The molecule has 1 amide bonds. The molecular formula is C13H14ClNO5. The maximum atomic E-state index is 11.9. The third-order valence-corrected chi connectivity index (χ3v) is 2.93. The average Bonchev–Trinajstić information content (AvgIpc) is 2.33. The molecule has 1 aromatic carbocycles. The van der Waals surface area contributed by atoms with Crippen molar-refractivity contribution in [2.75, 3.05) is 0 Å². The van der Waals surface area contributed by atoms with E-state index in [9.17, 15) is 14.4 Å². The lowest BCUT2D eigenvalue weighted by Gasteiger charge is -2.14. The smallest absolute Gasteiger partial charge is 0.326 e. The fourth-order valence-electron chi connectivity index (χ4n) is 1.57. The number of halogens is 1. The highest BCUT2D eigenvalue weighted by molar-refractivity contribution is 6.33. The Balaban J connectivity index is 2.80. The minimum Gasteiger partial charge on any atom is -0.481 e. The fraction of sp³-hybridized carbons (Fsp3) is 0.308. The first-order chi connectivity index (χ1) is 9.31. The summed E-state index contributed by atoms with van der Waals surface area (Å²) < 4.78 is 0. The van der Waals surface area contributed by atoms with E-state index in [2.05, 4.69) is 5.32 Å². The van der Waals surface area contributed by atoms with Crippen LogP contribution in [0.15, 0.2) is 18.2 Å². The number of aryl methyl sites for hydroxylation is 1. The van der Waals surface area contributed by atoms with Gasteiger partial charge in [-0.15, -0.1) is 0 Å². The number of carbonyl (C=O) groups is 3. The first kappa shape index (κ1) is 16.0. The summed E-state index contributed by atoms with van der Waals surface area (Å²) >= 11 is 5.91. The van der Waals surface area contributed by atoms with Crippen LogP contribution < -0.4 is 5.32 Å². The van der Waals surface area contributed by atoms with Crippen LogP contribution in [-0.4, -0.2) is 34.1 Å². The number of aliphatic carboxylic acids is 2. The van der Waals surface area contributed by atoms with E-state index >= 15 is 0 Å². The summed E-state index contributed by atoms with van der Waals surface area (Å²) in [5, 5.41) is 20.0. The van der Waals surface area contributed by atoms with E-state index in [-0.39, 0.29) is 23.4 Å². The number of hydrogen-bond acceptors (Lipinski definition) is 3. The van der Waals surface area contributed by atoms with Crippen molar-refractivity contribution in [2.45, 2.75) is 25.8 Å². The molecule has 1 unspecified atom stereocenters. The van der Waals surface area contributed by atoms with Gasteiger partial charge in [0.25, 0.3) is 5.91 Å². The van der Waals surface area contributed by atoms with Gasteiger partial charge in [0.15, 0.2) is 0 Å². The largest absolute Gasteiger partial charge is 0.481 e. The normalized spacial score (nSPS) is 11.7. The number of benzene rings is 1. The van der Waals surface area contributed by atoms with Crippen LogP contribution in [0.1, 0.15) is 28.8 Å². The molecule has 1 atom stereocenters. The second-order valence-electron chi connectivity index (χ2n) is 4.28. The molecule has 0 aliphatic carbocycles. The Morgan fingerprint density at radius 3 is 2.45 bits per heavy atom. The lowest BCUT2D eigenvalue weighted by atomic mass is 10.1. The Hall–Kier alpha value is -2.08. The molecule has 0 bridgehead atoms. The maximum absolute atomic E-state index is 11.9. The van der Waals surface area contributed by atoms with Crippen molar-refractivity contribution in [3.63, 3.8) is 0 Å². The molecular weight excluding hydrogens is 286 g/mol. The zero-order valence-electron chi connectivity index (χ0n) is 10.7. The predicted octanol–water partition coefficient (Wildman–Crippen LogP) is 1.70. The van der Waals surface area contributed by atoms with E-state index in [0.717, 1.165) is 5.56 Å². The molecule has 0 fully saturated rings. The Morgan fingerprint density at radius 1 is 1.30 bits per heavy atom. The molecule has 1 aromatic rings. The molecule has 0 radical (unpaired) electrons. The second kappa shape index (κ2) is 6.91. The van der Waals surface area contributed by atoms with Gasteiger partial charge in [-0.05, 0) is 31.0 Å². The minimum absolute atomic E-state index is 0.152. The average molecular weight is 300 g/mol. The molecule has 108 valence electrons. The van der Waals surface area contributed by atoms with Crippen LogP contribution in [0.25, 0.3) is 0 Å². The summed E-state index contributed by atoms with van der Waals surface area (Å²) in [6.45, 7) is 1.81. The molecule has 3 N–H and O–H groups in total. The van der Waals surface area contributed by atoms with Gasteiger partial charge >= 0.3 is 11.9 Å². The summed E-state index contributed by atoms with van der Waals surface area (Å²) in [6, 6.07) is 3.48. The number of carboxylic acid groups (broad SMARTS) is 2. The molecule has 0 aliphatic rings. The van der Waals surface area contributed by atoms with Crippen molar-refractivity contribution in [3.05, 3.63) is 34.3 Å². The Bertz CT molecular complexity index is 544. The van der Waals surface area contributed by atoms with E-state index < -0.39 is 23.9 Å². The van der Waals surface area contributed by atoms with Gasteiger partial charge in [0.1, 0.15) is 6.04 Å². The number of rotatable bonds is 6. The van der Waals surface area contributed by atoms with Gasteiger partial charge in [0.05, 0.1) is 10.6 Å². The van der Waals surface area contributed by atoms with Gasteiger partial charge in [0, 0.05) is 6.42 Å². The highest BCUT2D eigenvalue weighted by Crippen LogP contribution is 2.17. The van der Waals surface area contributed by atoms with Gasteiger partial charge in [0.2, 0.25) is 0 Å². The Morgan fingerprint density at radius 2 is 1.95 bits per heavy atom. The molecule has 0 saturated heterocycles. The predicted molar refractivity (Wildman–Crippen MR) is 71.9 cm³/mol. The zero-order valence-corrected chi connectivity index (χ0v) is 11.5. The van der Waals surface area contributed by atoms with Crippen molar-refractivity contribution in [2.24, 2.45) is 0 Å². The van der Waals surface area contributed by atoms with Gasteiger partial charge in [-0.2, -0.15) is 0 Å². The van der Waals surface area contributed by atoms with Crippen molar-refractivity contribution in [3.8, 4) is 0 Å². The highest BCUT2D eigenvalue weighted by Gasteiger charge is 2.22. The maximum Gasteiger partial charge on any atom is 0.326 e. The van der Waals surface area contributed by atoms with Crippen LogP contribution in [0, 0.1) is 6.92 Å². The summed E-state index contributed by atoms with van der Waals surface area (Å²) in [5.41, 5.74) is 1.02. The van der Waals surface area contributed by atoms with E-state index in [1.54, 1.807) is 19.1 Å². The van der Waals surface area contributed by atoms with Gasteiger partial charge in [-0.3, -0.25) is 9.59 Å². The summed E-state index contributed by atoms with van der Waals surface area (Å²) in [6.07, 6.45) is -0.543. The number of hydrogen-bond donors (Lipinski definition) is 3. The first-order valence-electron chi connectivity index (χ1n) is 5.83. The van der Waals surface area contributed by atoms with Gasteiger partial charge in [-0.1, -0.05) is 17.7 Å². The van der Waals surface area contributed by atoms with E-state index in [1.165, 1.54) is 6.07 Å². The van der Waals surface area contributed by atoms with E-state index in [0.29, 0.717) is 0 Å². The summed E-state index contributed by atoms with van der Waals surface area (Å²) in [7, 11) is 0. The zero-order chi connectivity index (χ0) is 15.3. The highest BCUT2D eigenvalue weighted by atomic mass is 35.5. The van der Waals surface area contributed by atoms with Crippen LogP contribution in [0.2, 0.25) is 5.02 Å². The number of amides is 1. The summed E-state index contributed by atoms with van der Waals surface area (Å²) in [4.78, 5) is 33.4. The van der Waals surface area contributed by atoms with Crippen LogP contribution >= 0.6 is 11.6 Å². The molecule has 0 saturated carbocycles. The lowest BCUT2D eigenvalue weighted by molar-refractivity contribution is -0.140. The fourth-order valence-corrected chi connectivity index (χ4v) is 1.89. The quantitative estimate of drug-likeness (QED) is 0.741. The van der Waals surface area contributed by atoms with E-state index in [4.69, 9.17) is 21.8 Å². The number of nitrogens with one attached hydrogen (secondary N) is 1. The van der Waals surface area contributed by atoms with Gasteiger partial charge < -0.3 is 15.5 Å². The Kier molecular flexibility index (Phi) is 5.52. The molecule has 0 aliphatic heterocycles. The molecule has 6 nitrogen and oxygen atoms in total.